The van der Waals surface area contributed by atoms with Gasteiger partial charge >= 0.3 is 6.18 Å². The zero-order valence-electron chi connectivity index (χ0n) is 19.3. The highest BCUT2D eigenvalue weighted by Gasteiger charge is 2.42. The van der Waals surface area contributed by atoms with E-state index < -0.39 is 29.1 Å². The molecule has 11 heteroatoms. The first kappa shape index (κ1) is 24.5. The van der Waals surface area contributed by atoms with Crippen LogP contribution in [0.2, 0.25) is 5.02 Å². The summed E-state index contributed by atoms with van der Waals surface area (Å²) in [4.78, 5) is 21.6. The van der Waals surface area contributed by atoms with Crippen molar-refractivity contribution in [1.29, 1.82) is 0 Å². The van der Waals surface area contributed by atoms with Gasteiger partial charge in [0.25, 0.3) is 11.7 Å². The summed E-state index contributed by atoms with van der Waals surface area (Å²) >= 11 is 5.95. The predicted molar refractivity (Wildman–Crippen MR) is 130 cm³/mol. The Bertz CT molecular complexity index is 1580. The number of nitrogens with zero attached hydrogens (tertiary/aromatic N) is 4. The highest BCUT2D eigenvalue weighted by molar-refractivity contribution is 6.30. The van der Waals surface area contributed by atoms with E-state index in [1.807, 2.05) is 0 Å². The normalized spacial score (nSPS) is 11.7. The largest absolute Gasteiger partial charge is 0.494 e. The van der Waals surface area contributed by atoms with Gasteiger partial charge in [0, 0.05) is 40.4 Å². The molecule has 188 valence electrons. The van der Waals surface area contributed by atoms with Crippen LogP contribution in [0, 0.1) is 0 Å². The minimum Gasteiger partial charge on any atom is -0.494 e. The molecule has 0 N–H and O–H groups in total. The Hall–Kier alpha value is -4.18. The third-order valence-corrected chi connectivity index (χ3v) is 5.89. The van der Waals surface area contributed by atoms with E-state index >= 15 is 0 Å². The molecule has 37 heavy (non-hydrogen) atoms. The summed E-state index contributed by atoms with van der Waals surface area (Å²) in [6.45, 7) is 1.89. The lowest BCUT2D eigenvalue weighted by atomic mass is 10.1. The van der Waals surface area contributed by atoms with E-state index in [9.17, 15) is 18.0 Å². The van der Waals surface area contributed by atoms with Gasteiger partial charge in [0.15, 0.2) is 0 Å². The van der Waals surface area contributed by atoms with Crippen molar-refractivity contribution in [2.75, 3.05) is 6.61 Å². The molecule has 0 aliphatic carbocycles. The highest BCUT2D eigenvalue weighted by Crippen LogP contribution is 2.41. The molecule has 3 heterocycles. The van der Waals surface area contributed by atoms with Crippen LogP contribution in [0.1, 0.15) is 34.4 Å². The van der Waals surface area contributed by atoms with E-state index in [4.69, 9.17) is 20.9 Å². The van der Waals surface area contributed by atoms with Crippen LogP contribution >= 0.6 is 11.6 Å². The Labute approximate surface area is 213 Å². The first-order valence-electron chi connectivity index (χ1n) is 11.2. The average molecular weight is 527 g/mol. The number of fused-ring (bicyclic) bond motifs is 1. The lowest BCUT2D eigenvalue weighted by Gasteiger charge is -2.14. The summed E-state index contributed by atoms with van der Waals surface area (Å²) < 4.78 is 55.5. The summed E-state index contributed by atoms with van der Waals surface area (Å²) in [6, 6.07) is 14.2. The van der Waals surface area contributed by atoms with E-state index in [2.05, 4.69) is 15.1 Å². The maximum absolute atomic E-state index is 14.6. The molecule has 0 saturated heterocycles. The molecule has 0 fully saturated rings. The van der Waals surface area contributed by atoms with Crippen LogP contribution in [0.25, 0.3) is 22.3 Å². The molecular weight excluding hydrogens is 509 g/mol. The number of hydrogen-bond donors (Lipinski definition) is 0. The lowest BCUT2D eigenvalue weighted by molar-refractivity contribution is -0.143. The Kier molecular flexibility index (Phi) is 6.43. The zero-order valence-corrected chi connectivity index (χ0v) is 20.0. The Morgan fingerprint density at radius 3 is 2.59 bits per heavy atom. The van der Waals surface area contributed by atoms with Gasteiger partial charge < -0.3 is 13.8 Å². The molecule has 3 aromatic heterocycles. The summed E-state index contributed by atoms with van der Waals surface area (Å²) in [5, 5.41) is 4.27. The first-order valence-corrected chi connectivity index (χ1v) is 11.5. The minimum absolute atomic E-state index is 0.0323. The Balaban J connectivity index is 1.71. The van der Waals surface area contributed by atoms with Gasteiger partial charge in [-0.1, -0.05) is 28.9 Å². The van der Waals surface area contributed by atoms with Gasteiger partial charge in [0.2, 0.25) is 5.82 Å². The summed E-state index contributed by atoms with van der Waals surface area (Å²) in [5.41, 5.74) is -0.515. The number of rotatable bonds is 7. The van der Waals surface area contributed by atoms with E-state index in [-0.39, 0.29) is 23.3 Å². The summed E-state index contributed by atoms with van der Waals surface area (Å²) in [6.07, 6.45) is -1.89. The van der Waals surface area contributed by atoms with Crippen molar-refractivity contribution in [3.63, 3.8) is 0 Å². The van der Waals surface area contributed by atoms with E-state index in [0.29, 0.717) is 28.5 Å². The Morgan fingerprint density at radius 1 is 1.14 bits per heavy atom. The van der Waals surface area contributed by atoms with Crippen molar-refractivity contribution in [2.24, 2.45) is 0 Å². The highest BCUT2D eigenvalue weighted by atomic mass is 35.5. The number of ketones is 1. The second kappa shape index (κ2) is 9.70. The fourth-order valence-electron chi connectivity index (χ4n) is 4.09. The van der Waals surface area contributed by atoms with Gasteiger partial charge in [0.1, 0.15) is 11.4 Å². The van der Waals surface area contributed by atoms with Gasteiger partial charge in [-0.15, -0.1) is 0 Å². The standard InChI is InChI=1S/C26H18ClF3N4O3/c1-2-36-18-9-10-20-19(12-18)21(22(35)25-32-24(33-37-25)16-4-3-11-31-13-16)23(26(28,29)30)34(20)14-15-5-7-17(27)8-6-15/h3-13H,2,14H2,1H3. The molecule has 0 aliphatic heterocycles. The zero-order chi connectivity index (χ0) is 26.2. The van der Waals surface area contributed by atoms with Gasteiger partial charge in [-0.25, -0.2) is 0 Å². The molecule has 7 nitrogen and oxygen atoms in total. The van der Waals surface area contributed by atoms with Gasteiger partial charge in [0.05, 0.1) is 12.2 Å². The van der Waals surface area contributed by atoms with Crippen molar-refractivity contribution in [2.45, 2.75) is 19.6 Å². The molecule has 0 radical (unpaired) electrons. The molecule has 2 aromatic carbocycles. The summed E-state index contributed by atoms with van der Waals surface area (Å²) in [7, 11) is 0. The maximum atomic E-state index is 14.6. The number of aromatic nitrogens is 4. The van der Waals surface area contributed by atoms with Crippen LogP contribution in [0.3, 0.4) is 0 Å². The number of hydrogen-bond acceptors (Lipinski definition) is 6. The maximum Gasteiger partial charge on any atom is 0.432 e. The lowest BCUT2D eigenvalue weighted by Crippen LogP contribution is -2.18. The number of carbonyl (C=O) groups excluding carboxylic acids is 1. The number of benzene rings is 2. The third-order valence-electron chi connectivity index (χ3n) is 5.64. The van der Waals surface area contributed by atoms with Crippen molar-refractivity contribution in [3.05, 3.63) is 94.7 Å². The first-order chi connectivity index (χ1) is 17.8. The number of pyridine rings is 1. The molecule has 0 aliphatic rings. The number of alkyl halides is 3. The van der Waals surface area contributed by atoms with Crippen molar-refractivity contribution in [3.8, 4) is 17.1 Å². The molecule has 0 spiro atoms. The Morgan fingerprint density at radius 2 is 1.92 bits per heavy atom. The topological polar surface area (TPSA) is 83.0 Å². The number of ether oxygens (including phenoxy) is 1. The third kappa shape index (κ3) is 4.79. The molecule has 0 unspecified atom stereocenters. The van der Waals surface area contributed by atoms with Crippen LogP contribution in [0.4, 0.5) is 13.2 Å². The van der Waals surface area contributed by atoms with E-state index in [0.717, 1.165) is 4.57 Å². The van der Waals surface area contributed by atoms with Crippen LogP contribution in [0.15, 0.2) is 71.5 Å². The molecule has 0 saturated carbocycles. The van der Waals surface area contributed by atoms with Gasteiger partial charge in [-0.05, 0) is 55.0 Å². The molecule has 0 atom stereocenters. The van der Waals surface area contributed by atoms with Crippen LogP contribution < -0.4 is 4.74 Å². The van der Waals surface area contributed by atoms with Crippen LogP contribution in [-0.4, -0.2) is 32.1 Å². The van der Waals surface area contributed by atoms with Crippen LogP contribution in [-0.2, 0) is 12.7 Å². The van der Waals surface area contributed by atoms with Crippen molar-refractivity contribution < 1.29 is 27.2 Å². The minimum atomic E-state index is -4.88. The smallest absolute Gasteiger partial charge is 0.432 e. The number of carbonyl (C=O) groups is 1. The van der Waals surface area contributed by atoms with E-state index in [1.165, 1.54) is 24.5 Å². The molecule has 0 bridgehead atoms. The van der Waals surface area contributed by atoms with Crippen molar-refractivity contribution in [1.82, 2.24) is 19.7 Å². The molecule has 5 aromatic rings. The SMILES string of the molecule is CCOc1ccc2c(c1)c(C(=O)c1nc(-c3cccnc3)no1)c(C(F)(F)F)n2Cc1ccc(Cl)cc1. The average Bonchev–Trinajstić information content (AvgIpc) is 3.49. The van der Waals surface area contributed by atoms with Gasteiger partial charge in [-0.2, -0.15) is 18.2 Å². The fraction of sp³-hybridized carbons (Fsp3) is 0.154. The monoisotopic (exact) mass is 526 g/mol. The number of halogens is 4. The fourth-order valence-corrected chi connectivity index (χ4v) is 4.21. The van der Waals surface area contributed by atoms with Crippen LogP contribution in [0.5, 0.6) is 5.75 Å². The molecule has 5 rings (SSSR count). The summed E-state index contributed by atoms with van der Waals surface area (Å²) in [5.74, 6) is -1.27. The molecule has 0 amide bonds. The van der Waals surface area contributed by atoms with E-state index in [1.54, 1.807) is 49.4 Å². The quantitative estimate of drug-likeness (QED) is 0.227. The molecular formula is C26H18ClF3N4O3. The van der Waals surface area contributed by atoms with Gasteiger partial charge in [-0.3, -0.25) is 9.78 Å². The second-order valence-corrected chi connectivity index (χ2v) is 8.48. The second-order valence-electron chi connectivity index (χ2n) is 8.04. The predicted octanol–water partition coefficient (Wildman–Crippen LogP) is 6.44. The van der Waals surface area contributed by atoms with Crippen molar-refractivity contribution >= 4 is 28.3 Å².